The van der Waals surface area contributed by atoms with Crippen molar-refractivity contribution in [1.82, 2.24) is 25.1 Å². The Hall–Kier alpha value is -2.64. The van der Waals surface area contributed by atoms with Crippen LogP contribution in [0.25, 0.3) is 0 Å². The van der Waals surface area contributed by atoms with Gasteiger partial charge in [0.05, 0.1) is 17.9 Å². The molecule has 8 nitrogen and oxygen atoms in total. The molecule has 0 radical (unpaired) electrons. The lowest BCUT2D eigenvalue weighted by Crippen LogP contribution is -2.36. The van der Waals surface area contributed by atoms with Gasteiger partial charge in [0.25, 0.3) is 0 Å². The van der Waals surface area contributed by atoms with Crippen LogP contribution in [0.4, 0.5) is 16.3 Å². The van der Waals surface area contributed by atoms with Crippen LogP contribution in [0.15, 0.2) is 18.3 Å². The Morgan fingerprint density at radius 2 is 2.25 bits per heavy atom. The molecule has 3 rings (SSSR count). The number of carbonyl (C=O) groups is 1. The number of amides is 2. The van der Waals surface area contributed by atoms with Gasteiger partial charge >= 0.3 is 6.03 Å². The van der Waals surface area contributed by atoms with Crippen LogP contribution in [0, 0.1) is 0 Å². The lowest BCUT2D eigenvalue weighted by atomic mass is 10.1. The number of rotatable bonds is 4. The van der Waals surface area contributed by atoms with Crippen LogP contribution in [0.2, 0.25) is 0 Å². The maximum atomic E-state index is 12.3. The van der Waals surface area contributed by atoms with Gasteiger partial charge in [-0.05, 0) is 25.0 Å². The topological polar surface area (TPSA) is 88.0 Å². The van der Waals surface area contributed by atoms with Gasteiger partial charge in [-0.25, -0.2) is 19.4 Å². The van der Waals surface area contributed by atoms with E-state index in [1.807, 2.05) is 42.7 Å². The summed E-state index contributed by atoms with van der Waals surface area (Å²) >= 11 is 0. The molecule has 0 saturated carbocycles. The third-order valence-electron chi connectivity index (χ3n) is 4.00. The number of hydrogen-bond acceptors (Lipinski definition) is 5. The fraction of sp³-hybridized carbons (Fsp3) is 0.500. The normalized spacial score (nSPS) is 16.4. The zero-order chi connectivity index (χ0) is 17.1. The molecule has 24 heavy (non-hydrogen) atoms. The highest BCUT2D eigenvalue weighted by Crippen LogP contribution is 2.23. The Labute approximate surface area is 141 Å². The van der Waals surface area contributed by atoms with Crippen LogP contribution in [-0.2, 0) is 13.0 Å². The molecular weight excluding hydrogens is 306 g/mol. The number of nitrogens with one attached hydrogen (secondary N) is 2. The van der Waals surface area contributed by atoms with Gasteiger partial charge in [0.2, 0.25) is 0 Å². The standard InChI is InChI=1S/C16H23N7O/c1-4-13-20-15-12(6-5-9-23(15)21-13)19-16(24)18-11-7-8-14(17-10-11)22(2)3/h7-8,10,12H,4-6,9H2,1-3H3,(H2,18,19,24)/t12-/m1/s1. The van der Waals surface area contributed by atoms with E-state index in [1.54, 1.807) is 6.20 Å². The Morgan fingerprint density at radius 3 is 2.92 bits per heavy atom. The molecule has 1 aliphatic rings. The molecule has 8 heteroatoms. The van der Waals surface area contributed by atoms with E-state index in [1.165, 1.54) is 0 Å². The SMILES string of the molecule is CCc1nc2n(n1)CCC[C@H]2NC(=O)Nc1ccc(N(C)C)nc1. The van der Waals surface area contributed by atoms with E-state index in [-0.39, 0.29) is 12.1 Å². The quantitative estimate of drug-likeness (QED) is 0.895. The Kier molecular flexibility index (Phi) is 4.64. The number of hydrogen-bond donors (Lipinski definition) is 2. The summed E-state index contributed by atoms with van der Waals surface area (Å²) in [6.45, 7) is 2.89. The van der Waals surface area contributed by atoms with Crippen molar-refractivity contribution in [3.63, 3.8) is 0 Å². The van der Waals surface area contributed by atoms with Crippen molar-refractivity contribution >= 4 is 17.5 Å². The number of pyridine rings is 1. The van der Waals surface area contributed by atoms with E-state index < -0.39 is 0 Å². The van der Waals surface area contributed by atoms with Crippen LogP contribution in [-0.4, -0.2) is 39.9 Å². The molecule has 2 N–H and O–H groups in total. The second-order valence-corrected chi connectivity index (χ2v) is 6.06. The number of carbonyl (C=O) groups excluding carboxylic acids is 1. The van der Waals surface area contributed by atoms with Crippen LogP contribution >= 0.6 is 0 Å². The van der Waals surface area contributed by atoms with Gasteiger partial charge in [0, 0.05) is 27.1 Å². The maximum Gasteiger partial charge on any atom is 0.319 e. The van der Waals surface area contributed by atoms with Crippen LogP contribution in [0.5, 0.6) is 0 Å². The van der Waals surface area contributed by atoms with Gasteiger partial charge in [0.15, 0.2) is 5.82 Å². The van der Waals surface area contributed by atoms with Crippen LogP contribution < -0.4 is 15.5 Å². The summed E-state index contributed by atoms with van der Waals surface area (Å²) in [5, 5.41) is 10.3. The lowest BCUT2D eigenvalue weighted by molar-refractivity contribution is 0.244. The molecule has 1 aliphatic heterocycles. The van der Waals surface area contributed by atoms with Gasteiger partial charge in [-0.15, -0.1) is 0 Å². The van der Waals surface area contributed by atoms with Crippen molar-refractivity contribution in [2.75, 3.05) is 24.3 Å². The predicted octanol–water partition coefficient (Wildman–Crippen LogP) is 1.96. The van der Waals surface area contributed by atoms with Gasteiger partial charge in [-0.3, -0.25) is 0 Å². The number of fused-ring (bicyclic) bond motifs is 1. The van der Waals surface area contributed by atoms with E-state index in [9.17, 15) is 4.79 Å². The molecule has 2 aromatic heterocycles. The number of anilines is 2. The fourth-order valence-electron chi connectivity index (χ4n) is 2.74. The third-order valence-corrected chi connectivity index (χ3v) is 4.00. The first-order valence-electron chi connectivity index (χ1n) is 8.21. The van der Waals surface area contributed by atoms with E-state index in [0.717, 1.165) is 43.3 Å². The van der Waals surface area contributed by atoms with E-state index in [4.69, 9.17) is 0 Å². The van der Waals surface area contributed by atoms with E-state index in [0.29, 0.717) is 5.69 Å². The van der Waals surface area contributed by atoms with Gasteiger partial charge in [-0.1, -0.05) is 6.92 Å². The summed E-state index contributed by atoms with van der Waals surface area (Å²) in [6, 6.07) is 3.33. The van der Waals surface area contributed by atoms with Crippen molar-refractivity contribution in [3.05, 3.63) is 30.0 Å². The lowest BCUT2D eigenvalue weighted by Gasteiger charge is -2.23. The molecule has 0 aromatic carbocycles. The first-order valence-corrected chi connectivity index (χ1v) is 8.21. The number of nitrogens with zero attached hydrogens (tertiary/aromatic N) is 5. The van der Waals surface area contributed by atoms with Crippen LogP contribution in [0.3, 0.4) is 0 Å². The summed E-state index contributed by atoms with van der Waals surface area (Å²) in [7, 11) is 3.85. The van der Waals surface area contributed by atoms with Gasteiger partial charge < -0.3 is 15.5 Å². The zero-order valence-corrected chi connectivity index (χ0v) is 14.3. The largest absolute Gasteiger partial charge is 0.363 e. The first-order chi connectivity index (χ1) is 11.6. The summed E-state index contributed by atoms with van der Waals surface area (Å²) in [5.74, 6) is 2.50. The van der Waals surface area contributed by atoms with E-state index in [2.05, 4.69) is 25.7 Å². The summed E-state index contributed by atoms with van der Waals surface area (Å²) in [5.41, 5.74) is 0.657. The first kappa shape index (κ1) is 16.2. The fourth-order valence-corrected chi connectivity index (χ4v) is 2.74. The van der Waals surface area contributed by atoms with Crippen molar-refractivity contribution < 1.29 is 4.79 Å². The minimum Gasteiger partial charge on any atom is -0.363 e. The highest BCUT2D eigenvalue weighted by atomic mass is 16.2. The smallest absolute Gasteiger partial charge is 0.319 e. The minimum atomic E-state index is -0.256. The van der Waals surface area contributed by atoms with Crippen molar-refractivity contribution in [3.8, 4) is 0 Å². The summed E-state index contributed by atoms with van der Waals surface area (Å²) in [4.78, 5) is 23.0. The molecule has 0 spiro atoms. The molecule has 1 atom stereocenters. The average molecular weight is 329 g/mol. The Bertz CT molecular complexity index is 708. The molecular formula is C16H23N7O. The highest BCUT2D eigenvalue weighted by Gasteiger charge is 2.25. The Balaban J connectivity index is 1.64. The molecule has 128 valence electrons. The third kappa shape index (κ3) is 3.47. The molecule has 3 heterocycles. The molecule has 0 unspecified atom stereocenters. The molecule has 0 bridgehead atoms. The van der Waals surface area contributed by atoms with Gasteiger partial charge in [0.1, 0.15) is 11.6 Å². The monoisotopic (exact) mass is 329 g/mol. The maximum absolute atomic E-state index is 12.3. The van der Waals surface area contributed by atoms with E-state index >= 15 is 0 Å². The zero-order valence-electron chi connectivity index (χ0n) is 14.3. The van der Waals surface area contributed by atoms with Crippen molar-refractivity contribution in [2.45, 2.75) is 38.8 Å². The summed E-state index contributed by atoms with van der Waals surface area (Å²) in [6.07, 6.45) is 4.28. The molecule has 0 saturated heterocycles. The number of aromatic nitrogens is 4. The second kappa shape index (κ2) is 6.86. The van der Waals surface area contributed by atoms with Crippen molar-refractivity contribution in [2.24, 2.45) is 0 Å². The average Bonchev–Trinajstić information content (AvgIpc) is 2.99. The van der Waals surface area contributed by atoms with Crippen molar-refractivity contribution in [1.29, 1.82) is 0 Å². The van der Waals surface area contributed by atoms with Crippen LogP contribution in [0.1, 0.15) is 37.5 Å². The minimum absolute atomic E-state index is 0.111. The predicted molar refractivity (Wildman–Crippen MR) is 92.1 cm³/mol. The molecule has 0 aliphatic carbocycles. The second-order valence-electron chi connectivity index (χ2n) is 6.06. The molecule has 2 amide bonds. The van der Waals surface area contributed by atoms with Gasteiger partial charge in [-0.2, -0.15) is 5.10 Å². The summed E-state index contributed by atoms with van der Waals surface area (Å²) < 4.78 is 1.90. The molecule has 2 aromatic rings. The highest BCUT2D eigenvalue weighted by molar-refractivity contribution is 5.89. The number of aryl methyl sites for hydroxylation is 2. The number of urea groups is 1. The molecule has 0 fully saturated rings. The Morgan fingerprint density at radius 1 is 1.42 bits per heavy atom.